The van der Waals surface area contributed by atoms with Gasteiger partial charge in [-0.1, -0.05) is 0 Å². The van der Waals surface area contributed by atoms with Gasteiger partial charge in [-0.25, -0.2) is 13.6 Å². The standard InChI is InChI=1S/C21H20F5N3O4/c22-14-7-12-16(29(10-4-5-10)9-13(18(12)30)19(31)32)15(23)17(14)28-6-2-1-3-11(28)8-27-20(33)21(24,25)26/h7,9-11H,1-6,8H2,(H,27,33)(H,31,32). The summed E-state index contributed by atoms with van der Waals surface area (Å²) in [5.41, 5.74) is -2.38. The predicted octanol–water partition coefficient (Wildman–Crippen LogP) is 3.35. The molecule has 0 spiro atoms. The van der Waals surface area contributed by atoms with E-state index in [9.17, 15) is 32.7 Å². The van der Waals surface area contributed by atoms with Gasteiger partial charge in [0.15, 0.2) is 5.82 Å². The maximum absolute atomic E-state index is 15.8. The van der Waals surface area contributed by atoms with Gasteiger partial charge in [-0.2, -0.15) is 13.2 Å². The van der Waals surface area contributed by atoms with Gasteiger partial charge in [-0.05, 0) is 38.2 Å². The van der Waals surface area contributed by atoms with Crippen LogP contribution in [0.1, 0.15) is 48.5 Å². The lowest BCUT2D eigenvalue weighted by atomic mass is 9.99. The summed E-state index contributed by atoms with van der Waals surface area (Å²) in [6, 6.07) is -0.269. The number of carboxylic acids is 1. The second kappa shape index (κ2) is 8.31. The second-order valence-corrected chi connectivity index (χ2v) is 8.28. The Morgan fingerprint density at radius 3 is 2.45 bits per heavy atom. The third-order valence-corrected chi connectivity index (χ3v) is 6.02. The van der Waals surface area contributed by atoms with Crippen molar-refractivity contribution in [3.05, 3.63) is 39.7 Å². The Morgan fingerprint density at radius 1 is 1.15 bits per heavy atom. The number of carboxylic acid groups (broad SMARTS) is 1. The lowest BCUT2D eigenvalue weighted by Crippen LogP contribution is -2.49. The van der Waals surface area contributed by atoms with Gasteiger partial charge in [0.2, 0.25) is 5.43 Å². The molecule has 2 aliphatic rings. The molecule has 1 saturated heterocycles. The summed E-state index contributed by atoms with van der Waals surface area (Å²) in [5.74, 6) is -5.87. The van der Waals surface area contributed by atoms with Crippen molar-refractivity contribution in [3.8, 4) is 0 Å². The van der Waals surface area contributed by atoms with Crippen molar-refractivity contribution < 1.29 is 36.6 Å². The Bertz CT molecular complexity index is 1190. The summed E-state index contributed by atoms with van der Waals surface area (Å²) >= 11 is 0. The van der Waals surface area contributed by atoms with Crippen LogP contribution < -0.4 is 15.6 Å². The zero-order valence-corrected chi connectivity index (χ0v) is 17.2. The van der Waals surface area contributed by atoms with Crippen LogP contribution in [0, 0.1) is 11.6 Å². The molecule has 2 aromatic rings. The highest BCUT2D eigenvalue weighted by atomic mass is 19.4. The average molecular weight is 473 g/mol. The zero-order valence-electron chi connectivity index (χ0n) is 17.2. The molecule has 2 fully saturated rings. The number of benzene rings is 1. The van der Waals surface area contributed by atoms with Crippen LogP contribution in [-0.2, 0) is 4.79 Å². The van der Waals surface area contributed by atoms with E-state index in [1.807, 2.05) is 0 Å². The summed E-state index contributed by atoms with van der Waals surface area (Å²) in [7, 11) is 0. The minimum atomic E-state index is -5.08. The summed E-state index contributed by atoms with van der Waals surface area (Å²) in [4.78, 5) is 36.6. The minimum absolute atomic E-state index is 0.132. The number of amides is 1. The topological polar surface area (TPSA) is 91.6 Å². The quantitative estimate of drug-likeness (QED) is 0.650. The van der Waals surface area contributed by atoms with Crippen molar-refractivity contribution in [2.24, 2.45) is 0 Å². The van der Waals surface area contributed by atoms with Crippen molar-refractivity contribution in [2.45, 2.75) is 50.4 Å². The lowest BCUT2D eigenvalue weighted by Gasteiger charge is -2.38. The first-order valence-corrected chi connectivity index (χ1v) is 10.4. The molecule has 0 radical (unpaired) electrons. The Hall–Kier alpha value is -3.18. The molecular formula is C21H20F5N3O4. The lowest BCUT2D eigenvalue weighted by molar-refractivity contribution is -0.173. The van der Waals surface area contributed by atoms with Gasteiger partial charge in [-0.15, -0.1) is 0 Å². The second-order valence-electron chi connectivity index (χ2n) is 8.28. The summed E-state index contributed by atoms with van der Waals surface area (Å²) < 4.78 is 69.9. The van der Waals surface area contributed by atoms with E-state index in [1.54, 1.807) is 5.32 Å². The van der Waals surface area contributed by atoms with E-state index in [4.69, 9.17) is 0 Å². The Morgan fingerprint density at radius 2 is 1.85 bits per heavy atom. The molecule has 0 bridgehead atoms. The molecule has 1 saturated carbocycles. The molecule has 178 valence electrons. The largest absolute Gasteiger partial charge is 0.477 e. The molecule has 4 rings (SSSR count). The van der Waals surface area contributed by atoms with Crippen molar-refractivity contribution in [1.82, 2.24) is 9.88 Å². The van der Waals surface area contributed by atoms with E-state index in [0.29, 0.717) is 32.1 Å². The van der Waals surface area contributed by atoms with E-state index in [0.717, 1.165) is 12.3 Å². The number of halogens is 5. The molecule has 2 N–H and O–H groups in total. The summed E-state index contributed by atoms with van der Waals surface area (Å²) in [6.07, 6.45) is -1.38. The maximum Gasteiger partial charge on any atom is 0.471 e. The molecule has 1 aliphatic carbocycles. The fourth-order valence-corrected chi connectivity index (χ4v) is 4.31. The number of nitrogens with one attached hydrogen (secondary N) is 1. The highest BCUT2D eigenvalue weighted by Gasteiger charge is 2.39. The third kappa shape index (κ3) is 4.25. The molecule has 1 aromatic heterocycles. The number of aromatic carboxylic acids is 1. The van der Waals surface area contributed by atoms with E-state index in [2.05, 4.69) is 0 Å². The number of carbonyl (C=O) groups excluding carboxylic acids is 1. The van der Waals surface area contributed by atoms with Gasteiger partial charge >= 0.3 is 18.1 Å². The number of nitrogens with zero attached hydrogens (tertiary/aromatic N) is 2. The molecule has 1 atom stereocenters. The van der Waals surface area contributed by atoms with Crippen LogP contribution in [0.25, 0.3) is 10.9 Å². The van der Waals surface area contributed by atoms with Crippen molar-refractivity contribution in [2.75, 3.05) is 18.0 Å². The molecule has 1 amide bonds. The van der Waals surface area contributed by atoms with E-state index in [-0.39, 0.29) is 18.1 Å². The molecular weight excluding hydrogens is 453 g/mol. The van der Waals surface area contributed by atoms with Gasteiger partial charge in [0.05, 0.1) is 10.9 Å². The van der Waals surface area contributed by atoms with Crippen LogP contribution in [-0.4, -0.2) is 46.9 Å². The van der Waals surface area contributed by atoms with Gasteiger partial charge < -0.3 is 19.9 Å². The number of hydrogen-bond acceptors (Lipinski definition) is 4. The Balaban J connectivity index is 1.80. The third-order valence-electron chi connectivity index (χ3n) is 6.02. The van der Waals surface area contributed by atoms with Crippen LogP contribution in [0.2, 0.25) is 0 Å². The number of anilines is 1. The van der Waals surface area contributed by atoms with Crippen LogP contribution in [0.15, 0.2) is 17.1 Å². The minimum Gasteiger partial charge on any atom is -0.477 e. The normalized spacial score (nSPS) is 19.1. The zero-order chi connectivity index (χ0) is 24.1. The van der Waals surface area contributed by atoms with Gasteiger partial charge in [0.1, 0.15) is 17.1 Å². The molecule has 1 aromatic carbocycles. The Kier molecular flexibility index (Phi) is 5.79. The van der Waals surface area contributed by atoms with E-state index < -0.39 is 64.3 Å². The summed E-state index contributed by atoms with van der Waals surface area (Å²) in [5, 5.41) is 10.7. The van der Waals surface area contributed by atoms with Gasteiger partial charge in [-0.3, -0.25) is 9.59 Å². The first-order chi connectivity index (χ1) is 15.5. The highest BCUT2D eigenvalue weighted by molar-refractivity contribution is 5.94. The molecule has 33 heavy (non-hydrogen) atoms. The number of hydrogen-bond donors (Lipinski definition) is 2. The number of carbonyl (C=O) groups is 2. The molecule has 1 unspecified atom stereocenters. The predicted molar refractivity (Wildman–Crippen MR) is 107 cm³/mol. The molecule has 7 nitrogen and oxygen atoms in total. The number of aromatic nitrogens is 1. The van der Waals surface area contributed by atoms with E-state index >= 15 is 8.78 Å². The fourth-order valence-electron chi connectivity index (χ4n) is 4.31. The molecule has 12 heteroatoms. The van der Waals surface area contributed by atoms with Crippen molar-refractivity contribution in [3.63, 3.8) is 0 Å². The van der Waals surface area contributed by atoms with Crippen LogP contribution in [0.4, 0.5) is 27.6 Å². The van der Waals surface area contributed by atoms with Gasteiger partial charge in [0, 0.05) is 31.4 Å². The number of piperidine rings is 1. The molecule has 1 aliphatic heterocycles. The number of fused-ring (bicyclic) bond motifs is 1. The van der Waals surface area contributed by atoms with Crippen LogP contribution >= 0.6 is 0 Å². The SMILES string of the molecule is O=C(O)c1cn(C2CC2)c2c(F)c(N3CCCCC3CNC(=O)C(F)(F)F)c(F)cc2c1=O. The first kappa shape index (κ1) is 23.0. The first-order valence-electron chi connectivity index (χ1n) is 10.4. The van der Waals surface area contributed by atoms with Gasteiger partial charge in [0.25, 0.3) is 0 Å². The molecule has 2 heterocycles. The monoisotopic (exact) mass is 473 g/mol. The highest BCUT2D eigenvalue weighted by Crippen LogP contribution is 2.40. The number of pyridine rings is 1. The van der Waals surface area contributed by atoms with E-state index in [1.165, 1.54) is 9.47 Å². The number of alkyl halides is 3. The Labute approximate surface area is 183 Å². The summed E-state index contributed by atoms with van der Waals surface area (Å²) in [6.45, 7) is -0.338. The van der Waals surface area contributed by atoms with Crippen molar-refractivity contribution in [1.29, 1.82) is 0 Å². The smallest absolute Gasteiger partial charge is 0.471 e. The van der Waals surface area contributed by atoms with Crippen molar-refractivity contribution >= 4 is 28.5 Å². The van der Waals surface area contributed by atoms with Crippen LogP contribution in [0.5, 0.6) is 0 Å². The maximum atomic E-state index is 15.8. The average Bonchev–Trinajstić information content (AvgIpc) is 3.58. The fraction of sp³-hybridized carbons (Fsp3) is 0.476. The number of rotatable bonds is 5. The van der Waals surface area contributed by atoms with Crippen LogP contribution in [0.3, 0.4) is 0 Å².